The Labute approximate surface area is 119 Å². The molecule has 0 unspecified atom stereocenters. The number of alkyl halides is 1. The summed E-state index contributed by atoms with van der Waals surface area (Å²) in [4.78, 5) is 12.0. The average molecular weight is 286 g/mol. The number of rotatable bonds is 6. The van der Waals surface area contributed by atoms with E-state index in [9.17, 15) is 9.18 Å². The van der Waals surface area contributed by atoms with Crippen molar-refractivity contribution in [3.63, 3.8) is 0 Å². The lowest BCUT2D eigenvalue weighted by molar-refractivity contribution is 0.0927. The molecule has 106 valence electrons. The van der Waals surface area contributed by atoms with Gasteiger partial charge in [0.2, 0.25) is 0 Å². The Hall–Kier alpha value is -1.09. The van der Waals surface area contributed by atoms with E-state index in [2.05, 4.69) is 5.32 Å². The summed E-state index contributed by atoms with van der Waals surface area (Å²) in [5, 5.41) is 2.80. The summed E-state index contributed by atoms with van der Waals surface area (Å²) in [6.07, 6.45) is 1.76. The smallest absolute Gasteiger partial charge is 0.254 e. The van der Waals surface area contributed by atoms with Crippen LogP contribution in [0.5, 0.6) is 0 Å². The molecule has 19 heavy (non-hydrogen) atoms. The third-order valence-corrected chi connectivity index (χ3v) is 4.41. The molecule has 0 aliphatic carbocycles. The Balaban J connectivity index is 2.78. The van der Waals surface area contributed by atoms with Crippen LogP contribution >= 0.6 is 11.6 Å². The van der Waals surface area contributed by atoms with Gasteiger partial charge in [-0.25, -0.2) is 4.39 Å². The maximum atomic E-state index is 13.8. The molecule has 0 fully saturated rings. The molecule has 0 bridgehead atoms. The molecule has 0 aliphatic heterocycles. The van der Waals surface area contributed by atoms with Crippen LogP contribution in [-0.2, 0) is 0 Å². The van der Waals surface area contributed by atoms with Crippen molar-refractivity contribution in [2.75, 3.05) is 12.4 Å². The van der Waals surface area contributed by atoms with Crippen molar-refractivity contribution in [1.82, 2.24) is 5.32 Å². The van der Waals surface area contributed by atoms with Gasteiger partial charge >= 0.3 is 0 Å². The third kappa shape index (κ3) is 3.69. The summed E-state index contributed by atoms with van der Waals surface area (Å²) in [7, 11) is 0. The lowest BCUT2D eigenvalue weighted by atomic mass is 9.84. The van der Waals surface area contributed by atoms with Gasteiger partial charge in [0.05, 0.1) is 5.56 Å². The summed E-state index contributed by atoms with van der Waals surface area (Å²) in [6, 6.07) is 4.83. The number of aryl methyl sites for hydroxylation is 1. The van der Waals surface area contributed by atoms with E-state index in [1.807, 2.05) is 13.8 Å². The van der Waals surface area contributed by atoms with E-state index in [0.29, 0.717) is 18.0 Å². The summed E-state index contributed by atoms with van der Waals surface area (Å²) < 4.78 is 13.8. The van der Waals surface area contributed by atoms with E-state index in [4.69, 9.17) is 11.6 Å². The molecule has 1 aromatic carbocycles. The molecule has 2 nitrogen and oxygen atoms in total. The molecular formula is C15H21ClFNO. The minimum Gasteiger partial charge on any atom is -0.351 e. The molecule has 0 spiro atoms. The molecule has 0 saturated heterocycles. The van der Waals surface area contributed by atoms with Crippen LogP contribution in [0.3, 0.4) is 0 Å². The fraction of sp³-hybridized carbons (Fsp3) is 0.533. The van der Waals surface area contributed by atoms with Crippen LogP contribution < -0.4 is 5.32 Å². The van der Waals surface area contributed by atoms with Crippen LogP contribution in [0.15, 0.2) is 18.2 Å². The van der Waals surface area contributed by atoms with E-state index in [-0.39, 0.29) is 16.9 Å². The second kappa shape index (κ2) is 6.90. The lowest BCUT2D eigenvalue weighted by Gasteiger charge is -2.29. The number of halogens is 2. The van der Waals surface area contributed by atoms with Gasteiger partial charge in [-0.3, -0.25) is 4.79 Å². The molecule has 1 rings (SSSR count). The van der Waals surface area contributed by atoms with Crippen LogP contribution in [0.25, 0.3) is 0 Å². The van der Waals surface area contributed by atoms with E-state index in [1.165, 1.54) is 6.07 Å². The highest BCUT2D eigenvalue weighted by Gasteiger charge is 2.26. The highest BCUT2D eigenvalue weighted by atomic mass is 35.5. The number of amides is 1. The zero-order valence-corrected chi connectivity index (χ0v) is 12.5. The summed E-state index contributed by atoms with van der Waals surface area (Å²) in [5.41, 5.74) is 0.454. The van der Waals surface area contributed by atoms with Gasteiger partial charge in [0, 0.05) is 17.8 Å². The largest absolute Gasteiger partial charge is 0.351 e. The first-order valence-corrected chi connectivity index (χ1v) is 7.12. The van der Waals surface area contributed by atoms with Gasteiger partial charge in [0.1, 0.15) is 5.82 Å². The molecular weight excluding hydrogens is 265 g/mol. The Bertz CT molecular complexity index is 436. The number of nitrogens with one attached hydrogen (secondary N) is 1. The van der Waals surface area contributed by atoms with Crippen LogP contribution in [0, 0.1) is 18.2 Å². The fourth-order valence-corrected chi connectivity index (χ4v) is 2.39. The molecule has 1 N–H and O–H groups in total. The summed E-state index contributed by atoms with van der Waals surface area (Å²) in [5.74, 6) is -0.349. The maximum Gasteiger partial charge on any atom is 0.254 e. The van der Waals surface area contributed by atoms with Gasteiger partial charge in [-0.1, -0.05) is 26.0 Å². The normalized spacial score (nSPS) is 11.4. The topological polar surface area (TPSA) is 29.1 Å². The number of hydrogen-bond donors (Lipinski definition) is 1. The van der Waals surface area contributed by atoms with Crippen LogP contribution in [0.1, 0.15) is 42.6 Å². The minimum atomic E-state index is -0.454. The number of carbonyl (C=O) groups excluding carboxylic acids is 1. The van der Waals surface area contributed by atoms with E-state index < -0.39 is 5.82 Å². The first-order valence-electron chi connectivity index (χ1n) is 6.59. The number of hydrogen-bond acceptors (Lipinski definition) is 1. The van der Waals surface area contributed by atoms with Crippen LogP contribution in [0.2, 0.25) is 0 Å². The van der Waals surface area contributed by atoms with Gasteiger partial charge in [0.15, 0.2) is 0 Å². The molecule has 0 aliphatic rings. The van der Waals surface area contributed by atoms with Crippen LogP contribution in [0.4, 0.5) is 4.39 Å². The van der Waals surface area contributed by atoms with Crippen molar-refractivity contribution in [3.05, 3.63) is 35.1 Å². The van der Waals surface area contributed by atoms with Gasteiger partial charge < -0.3 is 5.32 Å². The second-order valence-corrected chi connectivity index (χ2v) is 5.23. The lowest BCUT2D eigenvalue weighted by Crippen LogP contribution is -2.38. The average Bonchev–Trinajstić information content (AvgIpc) is 2.44. The van der Waals surface area contributed by atoms with Crippen molar-refractivity contribution in [1.29, 1.82) is 0 Å². The van der Waals surface area contributed by atoms with Crippen molar-refractivity contribution in [3.8, 4) is 0 Å². The van der Waals surface area contributed by atoms with Gasteiger partial charge in [0.25, 0.3) is 5.91 Å². The molecule has 1 aromatic rings. The Kier molecular flexibility index (Phi) is 5.80. The Morgan fingerprint density at radius 2 is 2.00 bits per heavy atom. The predicted molar refractivity (Wildman–Crippen MR) is 77.2 cm³/mol. The molecule has 1 amide bonds. The molecule has 0 aromatic heterocycles. The summed E-state index contributed by atoms with van der Waals surface area (Å²) in [6.45, 7) is 6.21. The first-order chi connectivity index (χ1) is 8.99. The van der Waals surface area contributed by atoms with E-state index in [0.717, 1.165) is 12.8 Å². The molecule has 0 heterocycles. The maximum absolute atomic E-state index is 13.8. The zero-order valence-electron chi connectivity index (χ0n) is 11.7. The highest BCUT2D eigenvalue weighted by molar-refractivity contribution is 6.18. The monoisotopic (exact) mass is 285 g/mol. The standard InChI is InChI=1S/C15H21ClFNO/c1-4-15(5-2,9-16)10-18-14(19)12-8-6-7-11(3)13(12)17/h6-8H,4-5,9-10H2,1-3H3,(H,18,19). The Morgan fingerprint density at radius 1 is 1.37 bits per heavy atom. The van der Waals surface area contributed by atoms with Crippen LogP contribution in [-0.4, -0.2) is 18.3 Å². The van der Waals surface area contributed by atoms with E-state index in [1.54, 1.807) is 19.1 Å². The number of carbonyl (C=O) groups is 1. The van der Waals surface area contributed by atoms with E-state index >= 15 is 0 Å². The van der Waals surface area contributed by atoms with Gasteiger partial charge in [-0.2, -0.15) is 0 Å². The van der Waals surface area contributed by atoms with Crippen molar-refractivity contribution < 1.29 is 9.18 Å². The SMILES string of the molecule is CCC(CC)(CCl)CNC(=O)c1cccc(C)c1F. The van der Waals surface area contributed by atoms with Crippen molar-refractivity contribution in [2.24, 2.45) is 5.41 Å². The zero-order chi connectivity index (χ0) is 14.5. The number of benzene rings is 1. The minimum absolute atomic E-state index is 0.0932. The molecule has 0 radical (unpaired) electrons. The molecule has 4 heteroatoms. The Morgan fingerprint density at radius 3 is 2.53 bits per heavy atom. The highest BCUT2D eigenvalue weighted by Crippen LogP contribution is 2.27. The van der Waals surface area contributed by atoms with Crippen molar-refractivity contribution >= 4 is 17.5 Å². The van der Waals surface area contributed by atoms with Gasteiger partial charge in [-0.15, -0.1) is 11.6 Å². The molecule has 0 saturated carbocycles. The quantitative estimate of drug-likeness (QED) is 0.789. The molecule has 0 atom stereocenters. The van der Waals surface area contributed by atoms with Gasteiger partial charge in [-0.05, 0) is 31.4 Å². The fourth-order valence-electron chi connectivity index (χ4n) is 1.92. The predicted octanol–water partition coefficient (Wildman–Crippen LogP) is 3.91. The van der Waals surface area contributed by atoms with Crippen molar-refractivity contribution in [2.45, 2.75) is 33.6 Å². The summed E-state index contributed by atoms with van der Waals surface area (Å²) >= 11 is 5.99. The second-order valence-electron chi connectivity index (χ2n) is 4.96. The first kappa shape index (κ1) is 16.0. The third-order valence-electron chi connectivity index (χ3n) is 3.84.